The lowest BCUT2D eigenvalue weighted by atomic mass is 10.2. The van der Waals surface area contributed by atoms with Crippen LogP contribution < -0.4 is 4.72 Å². The maximum atomic E-state index is 11.9. The van der Waals surface area contributed by atoms with E-state index in [0.717, 1.165) is 0 Å². The highest BCUT2D eigenvalue weighted by molar-refractivity contribution is 7.90. The Morgan fingerprint density at radius 1 is 1.30 bits per heavy atom. The van der Waals surface area contributed by atoms with Gasteiger partial charge in [0.05, 0.1) is 18.1 Å². The van der Waals surface area contributed by atoms with Crippen LogP contribution in [-0.4, -0.2) is 39.8 Å². The molecule has 1 fully saturated rings. The van der Waals surface area contributed by atoms with Gasteiger partial charge in [0.15, 0.2) is 5.79 Å². The summed E-state index contributed by atoms with van der Waals surface area (Å²) in [6.45, 7) is 3.47. The Morgan fingerprint density at radius 3 is 2.75 bits per heavy atom. The number of aliphatic imine (C=N–C) groups is 1. The van der Waals surface area contributed by atoms with Crippen LogP contribution in [0.15, 0.2) is 34.2 Å². The Bertz CT molecular complexity index is 648. The number of hydrogen-bond donors (Lipinski definition) is 1. The summed E-state index contributed by atoms with van der Waals surface area (Å²) in [4.78, 5) is 4.61. The van der Waals surface area contributed by atoms with Crippen LogP contribution in [-0.2, 0) is 19.5 Å². The normalized spacial score (nSPS) is 24.6. The largest absolute Gasteiger partial charge is 0.348 e. The van der Waals surface area contributed by atoms with Gasteiger partial charge in [0.25, 0.3) is 10.0 Å². The quantitative estimate of drug-likeness (QED) is 0.898. The lowest BCUT2D eigenvalue weighted by Crippen LogP contribution is -2.27. The zero-order chi connectivity index (χ0) is 14.2. The molecule has 0 radical (unpaired) electrons. The summed E-state index contributed by atoms with van der Waals surface area (Å²) < 4.78 is 37.3. The van der Waals surface area contributed by atoms with Gasteiger partial charge in [-0.2, -0.15) is 0 Å². The molecule has 20 heavy (non-hydrogen) atoms. The molecule has 6 nitrogen and oxygen atoms in total. The molecule has 3 rings (SSSR count). The molecule has 0 unspecified atom stereocenters. The van der Waals surface area contributed by atoms with E-state index in [2.05, 4.69) is 9.71 Å². The second-order valence-corrected chi connectivity index (χ2v) is 6.56. The van der Waals surface area contributed by atoms with Gasteiger partial charge in [0.2, 0.25) is 0 Å². The maximum absolute atomic E-state index is 11.9. The second kappa shape index (κ2) is 4.83. The number of nitrogens with one attached hydrogen (secondary N) is 1. The summed E-state index contributed by atoms with van der Waals surface area (Å²) in [5.74, 6) is -0.219. The van der Waals surface area contributed by atoms with E-state index in [-0.39, 0.29) is 4.90 Å². The first-order valence-electron chi connectivity index (χ1n) is 6.45. The number of sulfonamides is 1. The zero-order valence-electron chi connectivity index (χ0n) is 11.1. The Morgan fingerprint density at radius 2 is 2.00 bits per heavy atom. The fraction of sp³-hybridized carbons (Fsp3) is 0.462. The highest BCUT2D eigenvalue weighted by Gasteiger charge is 2.32. The first-order valence-corrected chi connectivity index (χ1v) is 7.93. The number of fused-ring (bicyclic) bond motifs is 1. The molecule has 0 amide bonds. The molecule has 7 heteroatoms. The molecule has 0 bridgehead atoms. The molecule has 0 spiro atoms. The molecule has 2 aliphatic heterocycles. The molecule has 1 aromatic rings. The maximum Gasteiger partial charge on any atom is 0.263 e. The molecule has 108 valence electrons. The first kappa shape index (κ1) is 13.5. The van der Waals surface area contributed by atoms with Crippen LogP contribution in [0.4, 0.5) is 0 Å². The SMILES string of the molecule is CC1(CCN=C2NS(=O)(=O)c3ccccc32)OCCO1. The monoisotopic (exact) mass is 296 g/mol. The van der Waals surface area contributed by atoms with Crippen LogP contribution in [0.2, 0.25) is 0 Å². The van der Waals surface area contributed by atoms with Crippen molar-refractivity contribution in [1.29, 1.82) is 0 Å². The molecule has 1 saturated heterocycles. The van der Waals surface area contributed by atoms with Crippen LogP contribution in [0.25, 0.3) is 0 Å². The molecule has 0 aromatic heterocycles. The van der Waals surface area contributed by atoms with Crippen molar-refractivity contribution in [2.45, 2.75) is 24.0 Å². The highest BCUT2D eigenvalue weighted by Crippen LogP contribution is 2.24. The van der Waals surface area contributed by atoms with E-state index >= 15 is 0 Å². The fourth-order valence-corrected chi connectivity index (χ4v) is 3.57. The van der Waals surface area contributed by atoms with E-state index in [0.29, 0.717) is 37.6 Å². The van der Waals surface area contributed by atoms with Gasteiger partial charge < -0.3 is 9.47 Å². The van der Waals surface area contributed by atoms with Crippen molar-refractivity contribution in [3.05, 3.63) is 29.8 Å². The predicted octanol–water partition coefficient (Wildman–Crippen LogP) is 0.878. The van der Waals surface area contributed by atoms with Gasteiger partial charge in [-0.25, -0.2) is 8.42 Å². The summed E-state index contributed by atoms with van der Waals surface area (Å²) in [7, 11) is -3.46. The highest BCUT2D eigenvalue weighted by atomic mass is 32.2. The van der Waals surface area contributed by atoms with Gasteiger partial charge in [-0.05, 0) is 19.1 Å². The van der Waals surface area contributed by atoms with Gasteiger partial charge in [-0.3, -0.25) is 9.71 Å². The minimum Gasteiger partial charge on any atom is -0.348 e. The standard InChI is InChI=1S/C13H16N2O4S/c1-13(18-8-9-19-13)6-7-14-12-10-4-2-3-5-11(10)20(16,17)15-12/h2-5H,6-9H2,1H3,(H,14,15). The minimum absolute atomic E-state index is 0.276. The van der Waals surface area contributed by atoms with Gasteiger partial charge in [-0.1, -0.05) is 12.1 Å². The molecular formula is C13H16N2O4S. The average Bonchev–Trinajstić information content (AvgIpc) is 2.94. The summed E-state index contributed by atoms with van der Waals surface area (Å²) in [5.41, 5.74) is 0.617. The lowest BCUT2D eigenvalue weighted by Gasteiger charge is -2.20. The van der Waals surface area contributed by atoms with E-state index in [1.807, 2.05) is 6.92 Å². The van der Waals surface area contributed by atoms with Crippen LogP contribution in [0.1, 0.15) is 18.9 Å². The van der Waals surface area contributed by atoms with Crippen molar-refractivity contribution in [1.82, 2.24) is 4.72 Å². The van der Waals surface area contributed by atoms with E-state index in [1.54, 1.807) is 24.3 Å². The van der Waals surface area contributed by atoms with Crippen molar-refractivity contribution >= 4 is 15.9 Å². The number of amidine groups is 1. The Kier molecular flexibility index (Phi) is 3.27. The molecule has 0 aliphatic carbocycles. The number of ether oxygens (including phenoxy) is 2. The summed E-state index contributed by atoms with van der Waals surface area (Å²) in [6, 6.07) is 6.81. The lowest BCUT2D eigenvalue weighted by molar-refractivity contribution is -0.144. The number of nitrogens with zero attached hydrogens (tertiary/aromatic N) is 1. The van der Waals surface area contributed by atoms with Crippen molar-refractivity contribution < 1.29 is 17.9 Å². The average molecular weight is 296 g/mol. The molecule has 2 aliphatic rings. The van der Waals surface area contributed by atoms with Crippen molar-refractivity contribution in [3.63, 3.8) is 0 Å². The number of rotatable bonds is 3. The first-order chi connectivity index (χ1) is 9.50. The van der Waals surface area contributed by atoms with E-state index < -0.39 is 15.8 Å². The Labute approximate surface area is 117 Å². The van der Waals surface area contributed by atoms with Gasteiger partial charge in [0, 0.05) is 18.5 Å². The molecule has 1 N–H and O–H groups in total. The third kappa shape index (κ3) is 2.44. The summed E-state index contributed by atoms with van der Waals surface area (Å²) >= 11 is 0. The topological polar surface area (TPSA) is 77.0 Å². The summed E-state index contributed by atoms with van der Waals surface area (Å²) in [6.07, 6.45) is 0.584. The zero-order valence-corrected chi connectivity index (χ0v) is 11.9. The van der Waals surface area contributed by atoms with E-state index in [1.165, 1.54) is 0 Å². The van der Waals surface area contributed by atoms with Crippen molar-refractivity contribution in [2.75, 3.05) is 19.8 Å². The molecule has 0 atom stereocenters. The number of hydrogen-bond acceptors (Lipinski definition) is 5. The Balaban J connectivity index is 1.77. The molecular weight excluding hydrogens is 280 g/mol. The van der Waals surface area contributed by atoms with E-state index in [9.17, 15) is 8.42 Å². The van der Waals surface area contributed by atoms with Crippen LogP contribution in [0.5, 0.6) is 0 Å². The third-order valence-electron chi connectivity index (χ3n) is 3.40. The van der Waals surface area contributed by atoms with Gasteiger partial charge in [0.1, 0.15) is 5.84 Å². The molecule has 1 aromatic carbocycles. The summed E-state index contributed by atoms with van der Waals surface area (Å²) in [5, 5.41) is 0. The third-order valence-corrected chi connectivity index (χ3v) is 4.79. The number of benzene rings is 1. The second-order valence-electron chi connectivity index (χ2n) is 4.91. The molecule has 0 saturated carbocycles. The van der Waals surface area contributed by atoms with Crippen LogP contribution >= 0.6 is 0 Å². The van der Waals surface area contributed by atoms with E-state index in [4.69, 9.17) is 9.47 Å². The minimum atomic E-state index is -3.46. The van der Waals surface area contributed by atoms with Gasteiger partial charge in [-0.15, -0.1) is 0 Å². The van der Waals surface area contributed by atoms with Crippen LogP contribution in [0, 0.1) is 0 Å². The Hall–Kier alpha value is -1.44. The molecule has 2 heterocycles. The smallest absolute Gasteiger partial charge is 0.263 e. The predicted molar refractivity (Wildman–Crippen MR) is 73.1 cm³/mol. The van der Waals surface area contributed by atoms with Crippen molar-refractivity contribution in [3.8, 4) is 0 Å². The van der Waals surface area contributed by atoms with Gasteiger partial charge >= 0.3 is 0 Å². The van der Waals surface area contributed by atoms with Crippen LogP contribution in [0.3, 0.4) is 0 Å². The van der Waals surface area contributed by atoms with Crippen molar-refractivity contribution in [2.24, 2.45) is 4.99 Å². The fourth-order valence-electron chi connectivity index (χ4n) is 2.32.